The van der Waals surface area contributed by atoms with E-state index in [0.717, 1.165) is 0 Å². The maximum Gasteiger partial charge on any atom is 0.167 e. The normalized spacial score (nSPS) is 28.0. The molecule has 3 rings (SSSR count). The van der Waals surface area contributed by atoms with Crippen LogP contribution in [0.4, 0.5) is 5.82 Å². The third-order valence-corrected chi connectivity index (χ3v) is 3.08. The summed E-state index contributed by atoms with van der Waals surface area (Å²) in [5.74, 6) is 0.302. The van der Waals surface area contributed by atoms with Crippen molar-refractivity contribution in [2.75, 3.05) is 12.3 Å². The molecule has 1 aliphatic heterocycles. The number of aliphatic hydroxyl groups excluding tert-OH is 2. The Morgan fingerprint density at radius 2 is 2.28 bits per heavy atom. The summed E-state index contributed by atoms with van der Waals surface area (Å²) in [5.41, 5.74) is 6.75. The Labute approximate surface area is 102 Å². The Hall–Kier alpha value is -1.77. The minimum atomic E-state index is -0.698. The number of nitrogen functional groups attached to an aromatic ring is 1. The highest BCUT2D eigenvalue weighted by molar-refractivity contribution is 5.81. The summed E-state index contributed by atoms with van der Waals surface area (Å²) in [6.07, 6.45) is 1.60. The number of aromatic nitrogens is 4. The number of ether oxygens (including phenoxy) is 1. The minimum absolute atomic E-state index is 0.221. The van der Waals surface area contributed by atoms with Crippen LogP contribution in [0.15, 0.2) is 12.7 Å². The molecule has 3 atom stereocenters. The molecule has 0 spiro atoms. The summed E-state index contributed by atoms with van der Waals surface area (Å²) in [6, 6.07) is 0. The Morgan fingerprint density at radius 1 is 1.44 bits per heavy atom. The lowest BCUT2D eigenvalue weighted by molar-refractivity contribution is -0.0432. The van der Waals surface area contributed by atoms with Crippen LogP contribution < -0.4 is 5.73 Å². The summed E-state index contributed by atoms with van der Waals surface area (Å²) in [4.78, 5) is 12.1. The van der Waals surface area contributed by atoms with Gasteiger partial charge < -0.3 is 20.7 Å². The lowest BCUT2D eigenvalue weighted by Crippen LogP contribution is -2.24. The molecular weight excluding hydrogens is 239 g/mol. The lowest BCUT2D eigenvalue weighted by Gasteiger charge is -2.13. The van der Waals surface area contributed by atoms with E-state index in [-0.39, 0.29) is 6.61 Å². The number of aliphatic hydroxyl groups is 2. The summed E-state index contributed by atoms with van der Waals surface area (Å²) in [5, 5.41) is 18.8. The first-order valence-electron chi connectivity index (χ1n) is 5.58. The highest BCUT2D eigenvalue weighted by Gasteiger charge is 2.35. The third kappa shape index (κ3) is 1.62. The van der Waals surface area contributed by atoms with Crippen LogP contribution in [0.5, 0.6) is 0 Å². The van der Waals surface area contributed by atoms with Crippen molar-refractivity contribution < 1.29 is 14.9 Å². The molecule has 0 radical (unpaired) electrons. The molecular formula is C10H13N5O3. The van der Waals surface area contributed by atoms with Crippen LogP contribution in [-0.4, -0.2) is 48.5 Å². The number of imidazole rings is 1. The zero-order valence-electron chi connectivity index (χ0n) is 9.47. The monoisotopic (exact) mass is 252 g/mol. The summed E-state index contributed by atoms with van der Waals surface area (Å²) < 4.78 is 7.22. The van der Waals surface area contributed by atoms with Gasteiger partial charge in [-0.3, -0.25) is 4.57 Å². The summed E-state index contributed by atoms with van der Waals surface area (Å²) >= 11 is 0. The van der Waals surface area contributed by atoms with E-state index in [0.29, 0.717) is 23.4 Å². The van der Waals surface area contributed by atoms with E-state index in [1.165, 1.54) is 6.33 Å². The maximum atomic E-state index is 9.71. The largest absolute Gasteiger partial charge is 0.394 e. The van der Waals surface area contributed by atoms with Gasteiger partial charge >= 0.3 is 0 Å². The van der Waals surface area contributed by atoms with E-state index in [1.54, 1.807) is 10.9 Å². The Bertz CT molecular complexity index is 572. The molecule has 0 aromatic carbocycles. The van der Waals surface area contributed by atoms with Crippen LogP contribution in [0.1, 0.15) is 12.6 Å². The second-order valence-corrected chi connectivity index (χ2v) is 4.20. The summed E-state index contributed by atoms with van der Waals surface area (Å²) in [6.45, 7) is -0.221. The second-order valence-electron chi connectivity index (χ2n) is 4.20. The van der Waals surface area contributed by atoms with Crippen molar-refractivity contribution in [3.05, 3.63) is 12.7 Å². The van der Waals surface area contributed by atoms with Crippen molar-refractivity contribution in [3.63, 3.8) is 0 Å². The van der Waals surface area contributed by atoms with Gasteiger partial charge in [-0.1, -0.05) is 0 Å². The van der Waals surface area contributed by atoms with Crippen molar-refractivity contribution in [3.8, 4) is 0 Å². The van der Waals surface area contributed by atoms with Gasteiger partial charge in [-0.2, -0.15) is 0 Å². The molecule has 3 heterocycles. The fraction of sp³-hybridized carbons (Fsp3) is 0.500. The van der Waals surface area contributed by atoms with Crippen LogP contribution in [0.2, 0.25) is 0 Å². The van der Waals surface area contributed by atoms with E-state index in [9.17, 15) is 5.11 Å². The Kier molecular flexibility index (Phi) is 2.62. The first-order valence-corrected chi connectivity index (χ1v) is 5.58. The first kappa shape index (κ1) is 11.3. The number of rotatable bonds is 2. The van der Waals surface area contributed by atoms with Gasteiger partial charge in [0.1, 0.15) is 24.2 Å². The number of nitrogens with zero attached hydrogens (tertiary/aromatic N) is 4. The van der Waals surface area contributed by atoms with Gasteiger partial charge in [0.2, 0.25) is 0 Å². The topological polar surface area (TPSA) is 119 Å². The van der Waals surface area contributed by atoms with Gasteiger partial charge in [0.15, 0.2) is 11.5 Å². The minimum Gasteiger partial charge on any atom is -0.394 e. The van der Waals surface area contributed by atoms with Crippen molar-refractivity contribution >= 4 is 17.0 Å². The Morgan fingerprint density at radius 3 is 3.00 bits per heavy atom. The van der Waals surface area contributed by atoms with Crippen LogP contribution in [-0.2, 0) is 4.74 Å². The molecule has 0 aliphatic carbocycles. The van der Waals surface area contributed by atoms with Crippen LogP contribution >= 0.6 is 0 Å². The SMILES string of the molecule is Nc1ncnc2c1ncn2[13C@H]1C[C@H](O)[C@@H](CO)O1. The second kappa shape index (κ2) is 4.16. The van der Waals surface area contributed by atoms with Crippen molar-refractivity contribution in [1.82, 2.24) is 19.5 Å². The number of anilines is 1. The molecule has 4 N–H and O–H groups in total. The van der Waals surface area contributed by atoms with Crippen molar-refractivity contribution in [2.24, 2.45) is 0 Å². The van der Waals surface area contributed by atoms with E-state index >= 15 is 0 Å². The highest BCUT2D eigenvalue weighted by atomic mass is 16.6. The molecule has 0 unspecified atom stereocenters. The Balaban J connectivity index is 1.99. The molecule has 0 bridgehead atoms. The van der Waals surface area contributed by atoms with Crippen molar-refractivity contribution in [1.29, 1.82) is 0 Å². The zero-order chi connectivity index (χ0) is 12.7. The number of hydrogen-bond donors (Lipinski definition) is 3. The molecule has 1 fully saturated rings. The molecule has 18 heavy (non-hydrogen) atoms. The molecule has 1 aliphatic rings. The smallest absolute Gasteiger partial charge is 0.167 e. The van der Waals surface area contributed by atoms with Gasteiger partial charge in [-0.15, -0.1) is 0 Å². The molecule has 2 aromatic heterocycles. The number of hydrogen-bond acceptors (Lipinski definition) is 7. The number of nitrogens with two attached hydrogens (primary N) is 1. The van der Waals surface area contributed by atoms with Gasteiger partial charge in [-0.25, -0.2) is 15.0 Å². The van der Waals surface area contributed by atoms with Gasteiger partial charge in [0.25, 0.3) is 0 Å². The van der Waals surface area contributed by atoms with Crippen molar-refractivity contribution in [2.45, 2.75) is 24.9 Å². The fourth-order valence-electron chi connectivity index (χ4n) is 2.13. The predicted molar refractivity (Wildman–Crippen MR) is 61.4 cm³/mol. The van der Waals surface area contributed by atoms with E-state index in [2.05, 4.69) is 15.0 Å². The van der Waals surface area contributed by atoms with Gasteiger partial charge in [0.05, 0.1) is 19.0 Å². The number of fused-ring (bicyclic) bond motifs is 1. The van der Waals surface area contributed by atoms with Gasteiger partial charge in [-0.05, 0) is 0 Å². The maximum absolute atomic E-state index is 9.71. The average Bonchev–Trinajstić information content (AvgIpc) is 2.93. The van der Waals surface area contributed by atoms with E-state index in [1.807, 2.05) is 0 Å². The molecule has 2 aromatic rings. The highest BCUT2D eigenvalue weighted by Crippen LogP contribution is 2.30. The van der Waals surface area contributed by atoms with E-state index < -0.39 is 18.4 Å². The van der Waals surface area contributed by atoms with Crippen LogP contribution in [0.3, 0.4) is 0 Å². The van der Waals surface area contributed by atoms with E-state index in [4.69, 9.17) is 15.6 Å². The summed E-state index contributed by atoms with van der Waals surface area (Å²) in [7, 11) is 0. The zero-order valence-corrected chi connectivity index (χ0v) is 9.47. The molecule has 0 saturated carbocycles. The molecule has 8 nitrogen and oxygen atoms in total. The average molecular weight is 252 g/mol. The lowest BCUT2D eigenvalue weighted by atomic mass is 10.2. The molecule has 8 heteroatoms. The molecule has 96 valence electrons. The fourth-order valence-corrected chi connectivity index (χ4v) is 2.13. The van der Waals surface area contributed by atoms with Crippen LogP contribution in [0, 0.1) is 0 Å². The molecule has 1 saturated heterocycles. The van der Waals surface area contributed by atoms with Gasteiger partial charge in [0, 0.05) is 6.42 Å². The quantitative estimate of drug-likeness (QED) is 0.589. The first-order chi connectivity index (χ1) is 8.70. The van der Waals surface area contributed by atoms with Crippen LogP contribution in [0.25, 0.3) is 11.2 Å². The standard InChI is InChI=1S/C10H13N5O3/c11-9-8-10(13-3-12-9)15(4-14-8)7-1-5(17)6(2-16)18-7/h3-7,16-17H,1-2H2,(H2,11,12,13)/t5-,6+,7+/m0/s1/i7+1. The predicted octanol–water partition coefficient (Wildman–Crippen LogP) is -0.951. The third-order valence-electron chi connectivity index (χ3n) is 3.08. The molecule has 0 amide bonds.